The quantitative estimate of drug-likeness (QED) is 0.767. The number of carboxylic acid groups (broad SMARTS) is 1. The molecule has 0 bridgehead atoms. The molecule has 4 heteroatoms. The Balaban J connectivity index is 2.28. The molecule has 17 heavy (non-hydrogen) atoms. The second-order valence-corrected chi connectivity index (χ2v) is 3.88. The fraction of sp³-hybridized carbons (Fsp3) is 0.385. The number of benzene rings is 1. The molecular formula is C13H16O4. The van der Waals surface area contributed by atoms with Gasteiger partial charge < -0.3 is 9.84 Å². The van der Waals surface area contributed by atoms with Gasteiger partial charge in [0.15, 0.2) is 0 Å². The Morgan fingerprint density at radius 1 is 1.29 bits per heavy atom. The second-order valence-electron chi connectivity index (χ2n) is 3.88. The van der Waals surface area contributed by atoms with E-state index in [9.17, 15) is 9.59 Å². The monoisotopic (exact) mass is 236 g/mol. The first-order chi connectivity index (χ1) is 8.08. The van der Waals surface area contributed by atoms with Gasteiger partial charge in [-0.2, -0.15) is 0 Å². The fourth-order valence-electron chi connectivity index (χ4n) is 1.46. The zero-order valence-corrected chi connectivity index (χ0v) is 9.76. The van der Waals surface area contributed by atoms with E-state index in [0.717, 1.165) is 5.56 Å². The first-order valence-corrected chi connectivity index (χ1v) is 5.53. The zero-order chi connectivity index (χ0) is 12.7. The van der Waals surface area contributed by atoms with Crippen molar-refractivity contribution in [3.63, 3.8) is 0 Å². The van der Waals surface area contributed by atoms with E-state index in [4.69, 9.17) is 9.84 Å². The van der Waals surface area contributed by atoms with Crippen molar-refractivity contribution in [3.05, 3.63) is 35.9 Å². The lowest BCUT2D eigenvalue weighted by Crippen LogP contribution is -2.18. The number of ether oxygens (including phenoxy) is 1. The summed E-state index contributed by atoms with van der Waals surface area (Å²) in [4.78, 5) is 21.8. The number of carbonyl (C=O) groups excluding carboxylic acids is 1. The van der Waals surface area contributed by atoms with E-state index in [1.807, 2.05) is 30.3 Å². The number of rotatable bonds is 6. The number of carbonyl (C=O) groups is 2. The van der Waals surface area contributed by atoms with Gasteiger partial charge in [-0.1, -0.05) is 30.3 Å². The summed E-state index contributed by atoms with van der Waals surface area (Å²) in [5.41, 5.74) is 1.07. The molecule has 0 aliphatic carbocycles. The molecule has 1 N–H and O–H groups in total. The summed E-state index contributed by atoms with van der Waals surface area (Å²) in [6.07, 6.45) is 0.153. The van der Waals surface area contributed by atoms with Crippen LogP contribution in [-0.2, 0) is 20.7 Å². The van der Waals surface area contributed by atoms with Crippen molar-refractivity contribution in [1.29, 1.82) is 0 Å². The van der Waals surface area contributed by atoms with Crippen LogP contribution < -0.4 is 0 Å². The van der Waals surface area contributed by atoms with Crippen LogP contribution in [0.5, 0.6) is 0 Å². The van der Waals surface area contributed by atoms with Crippen LogP contribution in [0.25, 0.3) is 0 Å². The molecule has 4 nitrogen and oxygen atoms in total. The molecule has 0 fully saturated rings. The van der Waals surface area contributed by atoms with Crippen LogP contribution >= 0.6 is 0 Å². The molecule has 0 radical (unpaired) electrons. The highest BCUT2D eigenvalue weighted by molar-refractivity contribution is 5.71. The molecule has 0 saturated heterocycles. The summed E-state index contributed by atoms with van der Waals surface area (Å²) in [6.45, 7) is 1.58. The van der Waals surface area contributed by atoms with Gasteiger partial charge in [-0.3, -0.25) is 9.59 Å². The average molecular weight is 236 g/mol. The minimum Gasteiger partial charge on any atom is -0.481 e. The largest absolute Gasteiger partial charge is 0.481 e. The van der Waals surface area contributed by atoms with Gasteiger partial charge in [-0.25, -0.2) is 0 Å². The third kappa shape index (κ3) is 5.70. The first-order valence-electron chi connectivity index (χ1n) is 5.53. The van der Waals surface area contributed by atoms with E-state index in [1.54, 1.807) is 6.92 Å². The average Bonchev–Trinajstić information content (AvgIpc) is 2.26. The van der Waals surface area contributed by atoms with E-state index < -0.39 is 12.1 Å². The van der Waals surface area contributed by atoms with Crippen LogP contribution in [0.15, 0.2) is 30.3 Å². The molecule has 0 unspecified atom stereocenters. The van der Waals surface area contributed by atoms with Crippen LogP contribution in [0.4, 0.5) is 0 Å². The molecule has 0 heterocycles. The maximum Gasteiger partial charge on any atom is 0.307 e. The lowest BCUT2D eigenvalue weighted by atomic mass is 10.1. The van der Waals surface area contributed by atoms with Gasteiger partial charge in [0.25, 0.3) is 0 Å². The van der Waals surface area contributed by atoms with Crippen LogP contribution in [0.2, 0.25) is 0 Å². The summed E-state index contributed by atoms with van der Waals surface area (Å²) >= 11 is 0. The normalized spacial score (nSPS) is 11.8. The summed E-state index contributed by atoms with van der Waals surface area (Å²) in [5.74, 6) is -1.32. The first kappa shape index (κ1) is 13.2. The van der Waals surface area contributed by atoms with E-state index in [1.165, 1.54) is 0 Å². The highest BCUT2D eigenvalue weighted by Crippen LogP contribution is 2.05. The maximum absolute atomic E-state index is 11.4. The summed E-state index contributed by atoms with van der Waals surface area (Å²) in [5, 5.41) is 8.51. The second kappa shape index (κ2) is 6.68. The predicted octanol–water partition coefficient (Wildman–Crippen LogP) is 2.03. The Labute approximate surface area is 100 Å². The van der Waals surface area contributed by atoms with E-state index in [2.05, 4.69) is 0 Å². The van der Waals surface area contributed by atoms with Gasteiger partial charge in [-0.05, 0) is 18.9 Å². The van der Waals surface area contributed by atoms with E-state index >= 15 is 0 Å². The van der Waals surface area contributed by atoms with Crippen molar-refractivity contribution in [2.45, 2.75) is 32.3 Å². The van der Waals surface area contributed by atoms with Gasteiger partial charge in [0, 0.05) is 6.42 Å². The van der Waals surface area contributed by atoms with Gasteiger partial charge in [0.05, 0.1) is 6.42 Å². The van der Waals surface area contributed by atoms with Crippen molar-refractivity contribution < 1.29 is 19.4 Å². The van der Waals surface area contributed by atoms with Crippen molar-refractivity contribution in [2.24, 2.45) is 0 Å². The maximum atomic E-state index is 11.4. The predicted molar refractivity (Wildman–Crippen MR) is 62.6 cm³/mol. The molecule has 0 saturated carbocycles. The van der Waals surface area contributed by atoms with Gasteiger partial charge in [0.2, 0.25) is 0 Å². The molecular weight excluding hydrogens is 220 g/mol. The number of hydrogen-bond donors (Lipinski definition) is 1. The minimum atomic E-state index is -0.964. The van der Waals surface area contributed by atoms with Crippen LogP contribution in [-0.4, -0.2) is 23.1 Å². The molecule has 0 spiro atoms. The molecule has 1 atom stereocenters. The Morgan fingerprint density at radius 3 is 2.53 bits per heavy atom. The van der Waals surface area contributed by atoms with Gasteiger partial charge >= 0.3 is 11.9 Å². The van der Waals surface area contributed by atoms with Crippen LogP contribution in [0.1, 0.15) is 25.3 Å². The molecule has 0 aliphatic rings. The summed E-state index contributed by atoms with van der Waals surface area (Å²) < 4.78 is 4.96. The van der Waals surface area contributed by atoms with E-state index in [-0.39, 0.29) is 18.8 Å². The number of carboxylic acids is 1. The SMILES string of the molecule is C[C@H](CC(=O)O)OC(=O)CCc1ccccc1. The van der Waals surface area contributed by atoms with Crippen LogP contribution in [0, 0.1) is 0 Å². The molecule has 0 aromatic heterocycles. The number of hydrogen-bond acceptors (Lipinski definition) is 3. The Morgan fingerprint density at radius 2 is 1.94 bits per heavy atom. The lowest BCUT2D eigenvalue weighted by Gasteiger charge is -2.10. The Bertz CT molecular complexity index is 372. The standard InChI is InChI=1S/C13H16O4/c1-10(9-12(14)15)17-13(16)8-7-11-5-3-2-4-6-11/h2-6,10H,7-9H2,1H3,(H,14,15)/t10-/m1/s1. The molecule has 1 rings (SSSR count). The lowest BCUT2D eigenvalue weighted by molar-refractivity contribution is -0.151. The summed E-state index contributed by atoms with van der Waals surface area (Å²) in [6, 6.07) is 9.61. The highest BCUT2D eigenvalue weighted by Gasteiger charge is 2.12. The van der Waals surface area contributed by atoms with Gasteiger partial charge in [-0.15, -0.1) is 0 Å². The molecule has 0 aliphatic heterocycles. The minimum absolute atomic E-state index is 0.156. The molecule has 1 aromatic rings. The number of esters is 1. The topological polar surface area (TPSA) is 63.6 Å². The number of aliphatic carboxylic acids is 1. The third-order valence-electron chi connectivity index (χ3n) is 2.26. The fourth-order valence-corrected chi connectivity index (χ4v) is 1.46. The van der Waals surface area contributed by atoms with E-state index in [0.29, 0.717) is 6.42 Å². The third-order valence-corrected chi connectivity index (χ3v) is 2.26. The molecule has 0 amide bonds. The molecule has 92 valence electrons. The van der Waals surface area contributed by atoms with Crippen molar-refractivity contribution >= 4 is 11.9 Å². The highest BCUT2D eigenvalue weighted by atomic mass is 16.5. The van der Waals surface area contributed by atoms with Crippen molar-refractivity contribution in [3.8, 4) is 0 Å². The zero-order valence-electron chi connectivity index (χ0n) is 9.76. The Kier molecular flexibility index (Phi) is 5.20. The van der Waals surface area contributed by atoms with Crippen LogP contribution in [0.3, 0.4) is 0 Å². The smallest absolute Gasteiger partial charge is 0.307 e. The Hall–Kier alpha value is -1.84. The summed E-state index contributed by atoms with van der Waals surface area (Å²) in [7, 11) is 0. The molecule has 1 aromatic carbocycles. The number of aryl methyl sites for hydroxylation is 1. The van der Waals surface area contributed by atoms with Crippen molar-refractivity contribution in [2.75, 3.05) is 0 Å². The van der Waals surface area contributed by atoms with Gasteiger partial charge in [0.1, 0.15) is 6.10 Å². The van der Waals surface area contributed by atoms with Crippen molar-refractivity contribution in [1.82, 2.24) is 0 Å².